The molecule has 0 heterocycles. The quantitative estimate of drug-likeness (QED) is 0.797. The number of nitrogens with one attached hydrogen (secondary N) is 1. The summed E-state index contributed by atoms with van der Waals surface area (Å²) < 4.78 is 0.818. The molecule has 1 aromatic carbocycles. The Balaban J connectivity index is 2.04. The fourth-order valence-corrected chi connectivity index (χ4v) is 2.90. The van der Waals surface area contributed by atoms with E-state index >= 15 is 0 Å². The molecule has 2 rings (SSSR count). The van der Waals surface area contributed by atoms with Crippen LogP contribution >= 0.6 is 27.5 Å². The molecule has 104 valence electrons. The molecule has 1 aromatic rings. The molecule has 2 unspecified atom stereocenters. The van der Waals surface area contributed by atoms with Crippen LogP contribution in [-0.2, 0) is 4.79 Å². The van der Waals surface area contributed by atoms with Gasteiger partial charge in [0, 0.05) is 16.2 Å². The van der Waals surface area contributed by atoms with Gasteiger partial charge in [-0.05, 0) is 47.0 Å². The van der Waals surface area contributed by atoms with Gasteiger partial charge < -0.3 is 11.1 Å². The van der Waals surface area contributed by atoms with Gasteiger partial charge in [-0.15, -0.1) is 0 Å². The number of hydrogen-bond donors (Lipinski definition) is 2. The minimum Gasteiger partial charge on any atom is -0.327 e. The van der Waals surface area contributed by atoms with Crippen LogP contribution < -0.4 is 11.1 Å². The molecule has 1 amide bonds. The average Bonchev–Trinajstić information content (AvgIpc) is 2.58. The lowest BCUT2D eigenvalue weighted by atomic mass is 9.94. The smallest absolute Gasteiger partial charge is 0.229 e. The highest BCUT2D eigenvalue weighted by molar-refractivity contribution is 9.10. The van der Waals surface area contributed by atoms with Crippen molar-refractivity contribution in [1.82, 2.24) is 0 Å². The maximum atomic E-state index is 12.3. The van der Waals surface area contributed by atoms with E-state index in [1.807, 2.05) is 12.1 Å². The van der Waals surface area contributed by atoms with E-state index in [0.717, 1.165) is 35.8 Å². The highest BCUT2D eigenvalue weighted by Gasteiger charge is 2.27. The molecule has 0 radical (unpaired) electrons. The Hall–Kier alpha value is -0.580. The zero-order valence-electron chi connectivity index (χ0n) is 10.7. The Labute approximate surface area is 127 Å². The second-order valence-electron chi connectivity index (χ2n) is 5.03. The first-order valence-corrected chi connectivity index (χ1v) is 7.76. The van der Waals surface area contributed by atoms with E-state index in [0.29, 0.717) is 5.02 Å². The second kappa shape index (κ2) is 6.73. The predicted molar refractivity (Wildman–Crippen MR) is 82.3 cm³/mol. The highest BCUT2D eigenvalue weighted by atomic mass is 79.9. The van der Waals surface area contributed by atoms with Crippen LogP contribution in [0.1, 0.15) is 32.1 Å². The molecule has 1 fully saturated rings. The Morgan fingerprint density at radius 1 is 1.32 bits per heavy atom. The first-order valence-electron chi connectivity index (χ1n) is 6.59. The van der Waals surface area contributed by atoms with Crippen LogP contribution in [0.25, 0.3) is 0 Å². The van der Waals surface area contributed by atoms with E-state index in [1.54, 1.807) is 6.07 Å². The first kappa shape index (κ1) is 14.8. The molecule has 1 saturated carbocycles. The maximum absolute atomic E-state index is 12.3. The zero-order valence-corrected chi connectivity index (χ0v) is 13.0. The summed E-state index contributed by atoms with van der Waals surface area (Å²) in [6, 6.07) is 5.36. The van der Waals surface area contributed by atoms with Crippen molar-refractivity contribution in [1.29, 1.82) is 0 Å². The number of halogens is 2. The fourth-order valence-electron chi connectivity index (χ4n) is 2.47. The van der Waals surface area contributed by atoms with E-state index in [1.165, 1.54) is 6.42 Å². The summed E-state index contributed by atoms with van der Waals surface area (Å²) in [6.07, 6.45) is 5.17. The number of rotatable bonds is 2. The number of anilines is 1. The largest absolute Gasteiger partial charge is 0.327 e. The molecule has 2 atom stereocenters. The molecule has 0 saturated heterocycles. The minimum absolute atomic E-state index is 0.00721. The van der Waals surface area contributed by atoms with E-state index in [-0.39, 0.29) is 17.9 Å². The van der Waals surface area contributed by atoms with Gasteiger partial charge in [-0.1, -0.05) is 30.9 Å². The number of hydrogen-bond acceptors (Lipinski definition) is 2. The van der Waals surface area contributed by atoms with Gasteiger partial charge in [-0.2, -0.15) is 0 Å². The van der Waals surface area contributed by atoms with Crippen LogP contribution in [0.2, 0.25) is 5.02 Å². The molecule has 5 heteroatoms. The molecular formula is C14H18BrClN2O. The third kappa shape index (κ3) is 3.94. The lowest BCUT2D eigenvalue weighted by Crippen LogP contribution is -2.37. The van der Waals surface area contributed by atoms with E-state index in [9.17, 15) is 4.79 Å². The minimum atomic E-state index is -0.0927. The Bertz CT molecular complexity index is 467. The zero-order chi connectivity index (χ0) is 13.8. The van der Waals surface area contributed by atoms with Gasteiger partial charge in [0.15, 0.2) is 0 Å². The van der Waals surface area contributed by atoms with E-state index < -0.39 is 0 Å². The van der Waals surface area contributed by atoms with Gasteiger partial charge in [0.1, 0.15) is 0 Å². The molecule has 0 aromatic heterocycles. The summed E-state index contributed by atoms with van der Waals surface area (Å²) in [5.74, 6) is -0.0855. The Morgan fingerprint density at radius 2 is 2.05 bits per heavy atom. The van der Waals surface area contributed by atoms with Crippen LogP contribution in [0, 0.1) is 5.92 Å². The molecule has 1 aliphatic rings. The van der Waals surface area contributed by atoms with E-state index in [2.05, 4.69) is 21.2 Å². The van der Waals surface area contributed by atoms with Crippen LogP contribution in [0.15, 0.2) is 22.7 Å². The maximum Gasteiger partial charge on any atom is 0.229 e. The number of carbonyl (C=O) groups is 1. The van der Waals surface area contributed by atoms with Gasteiger partial charge in [0.25, 0.3) is 0 Å². The van der Waals surface area contributed by atoms with Gasteiger partial charge >= 0.3 is 0 Å². The van der Waals surface area contributed by atoms with Crippen molar-refractivity contribution in [3.8, 4) is 0 Å². The van der Waals surface area contributed by atoms with Gasteiger partial charge in [0.05, 0.1) is 10.9 Å². The van der Waals surface area contributed by atoms with Crippen molar-refractivity contribution in [2.24, 2.45) is 11.7 Å². The van der Waals surface area contributed by atoms with Crippen molar-refractivity contribution in [3.63, 3.8) is 0 Å². The lowest BCUT2D eigenvalue weighted by molar-refractivity contribution is -0.120. The third-order valence-corrected chi connectivity index (χ3v) is 4.83. The SMILES string of the molecule is NC1CCCCCC1C(=O)Nc1ccc(Br)c(Cl)c1. The van der Waals surface area contributed by atoms with Crippen molar-refractivity contribution in [2.75, 3.05) is 5.32 Å². The summed E-state index contributed by atoms with van der Waals surface area (Å²) in [7, 11) is 0. The predicted octanol–water partition coefficient (Wildman–Crippen LogP) is 3.95. The van der Waals surface area contributed by atoms with Crippen LogP contribution in [0.4, 0.5) is 5.69 Å². The van der Waals surface area contributed by atoms with Crippen molar-refractivity contribution < 1.29 is 4.79 Å². The summed E-state index contributed by atoms with van der Waals surface area (Å²) in [6.45, 7) is 0. The molecule has 3 nitrogen and oxygen atoms in total. The fraction of sp³-hybridized carbons (Fsp3) is 0.500. The standard InChI is InChI=1S/C14H18BrClN2O/c15-11-7-6-9(8-12(11)16)18-14(19)10-4-2-1-3-5-13(10)17/h6-8,10,13H,1-5,17H2,(H,18,19). The first-order chi connectivity index (χ1) is 9.08. The van der Waals surface area contributed by atoms with Crippen molar-refractivity contribution in [2.45, 2.75) is 38.1 Å². The monoisotopic (exact) mass is 344 g/mol. The van der Waals surface area contributed by atoms with E-state index in [4.69, 9.17) is 17.3 Å². The van der Waals surface area contributed by atoms with Crippen molar-refractivity contribution >= 4 is 39.1 Å². The molecule has 0 bridgehead atoms. The Morgan fingerprint density at radius 3 is 2.79 bits per heavy atom. The van der Waals surface area contributed by atoms with Crippen LogP contribution in [-0.4, -0.2) is 11.9 Å². The second-order valence-corrected chi connectivity index (χ2v) is 6.29. The summed E-state index contributed by atoms with van der Waals surface area (Å²) in [5.41, 5.74) is 6.81. The molecule has 0 aliphatic heterocycles. The number of carbonyl (C=O) groups excluding carboxylic acids is 1. The summed E-state index contributed by atoms with van der Waals surface area (Å²) in [4.78, 5) is 12.3. The normalized spacial score (nSPS) is 23.7. The topological polar surface area (TPSA) is 55.1 Å². The van der Waals surface area contributed by atoms with Gasteiger partial charge in [0.2, 0.25) is 5.91 Å². The van der Waals surface area contributed by atoms with Crippen molar-refractivity contribution in [3.05, 3.63) is 27.7 Å². The molecule has 0 spiro atoms. The third-order valence-electron chi connectivity index (χ3n) is 3.59. The summed E-state index contributed by atoms with van der Waals surface area (Å²) >= 11 is 9.34. The molecule has 19 heavy (non-hydrogen) atoms. The molecule has 1 aliphatic carbocycles. The van der Waals surface area contributed by atoms with Crippen LogP contribution in [0.3, 0.4) is 0 Å². The number of benzene rings is 1. The number of nitrogens with two attached hydrogens (primary N) is 1. The van der Waals surface area contributed by atoms with Crippen LogP contribution in [0.5, 0.6) is 0 Å². The highest BCUT2D eigenvalue weighted by Crippen LogP contribution is 2.27. The van der Waals surface area contributed by atoms with Gasteiger partial charge in [-0.3, -0.25) is 4.79 Å². The van der Waals surface area contributed by atoms with Gasteiger partial charge in [-0.25, -0.2) is 0 Å². The molecule has 3 N–H and O–H groups in total. The molecular weight excluding hydrogens is 328 g/mol. The summed E-state index contributed by atoms with van der Waals surface area (Å²) in [5, 5.41) is 3.50. The number of amides is 1. The lowest BCUT2D eigenvalue weighted by Gasteiger charge is -2.20. The average molecular weight is 346 g/mol. The Kier molecular flexibility index (Phi) is 5.25.